The van der Waals surface area contributed by atoms with Gasteiger partial charge in [0.1, 0.15) is 5.69 Å². The van der Waals surface area contributed by atoms with Crippen LogP contribution >= 0.6 is 0 Å². The second kappa shape index (κ2) is 6.63. The molecule has 0 saturated carbocycles. The molecule has 21 heavy (non-hydrogen) atoms. The van der Waals surface area contributed by atoms with Gasteiger partial charge in [-0.2, -0.15) is 0 Å². The average Bonchev–Trinajstić information content (AvgIpc) is 2.87. The number of aromatic nitrogens is 3. The summed E-state index contributed by atoms with van der Waals surface area (Å²) in [5.74, 6) is -0.0562. The van der Waals surface area contributed by atoms with Crippen LogP contribution in [0.4, 0.5) is 0 Å². The van der Waals surface area contributed by atoms with Crippen molar-refractivity contribution in [1.29, 1.82) is 0 Å². The van der Waals surface area contributed by atoms with Gasteiger partial charge in [-0.05, 0) is 18.8 Å². The molecule has 2 N–H and O–H groups in total. The molecule has 1 unspecified atom stereocenters. The first kappa shape index (κ1) is 16.1. The van der Waals surface area contributed by atoms with Gasteiger partial charge in [0.2, 0.25) is 10.0 Å². The topological polar surface area (TPSA) is 111 Å². The van der Waals surface area contributed by atoms with Gasteiger partial charge in [0.15, 0.2) is 5.78 Å². The Morgan fingerprint density at radius 2 is 2.29 bits per heavy atom. The molecular weight excluding hydrogens is 294 g/mol. The van der Waals surface area contributed by atoms with Crippen LogP contribution < -0.4 is 5.73 Å². The van der Waals surface area contributed by atoms with Crippen LogP contribution in [0.1, 0.15) is 29.8 Å². The van der Waals surface area contributed by atoms with Crippen molar-refractivity contribution in [3.05, 3.63) is 11.9 Å². The predicted octanol–water partition coefficient (Wildman–Crippen LogP) is -0.519. The third kappa shape index (κ3) is 4.32. The number of Topliss-reactive ketones (excluding diaryl/α,β-unsaturated/α-hetero) is 1. The van der Waals surface area contributed by atoms with Gasteiger partial charge in [-0.25, -0.2) is 12.7 Å². The van der Waals surface area contributed by atoms with Gasteiger partial charge in [-0.3, -0.25) is 9.48 Å². The lowest BCUT2D eigenvalue weighted by Crippen LogP contribution is -2.39. The molecule has 2 rings (SSSR count). The number of piperidine rings is 1. The summed E-state index contributed by atoms with van der Waals surface area (Å²) >= 11 is 0. The Balaban J connectivity index is 1.95. The number of sulfonamides is 1. The highest BCUT2D eigenvalue weighted by Gasteiger charge is 2.28. The van der Waals surface area contributed by atoms with E-state index < -0.39 is 10.0 Å². The van der Waals surface area contributed by atoms with Gasteiger partial charge >= 0.3 is 0 Å². The molecule has 0 radical (unpaired) electrons. The van der Waals surface area contributed by atoms with Crippen molar-refractivity contribution in [1.82, 2.24) is 19.3 Å². The van der Waals surface area contributed by atoms with Crippen LogP contribution in [0.3, 0.4) is 0 Å². The fourth-order valence-electron chi connectivity index (χ4n) is 2.53. The Morgan fingerprint density at radius 3 is 2.95 bits per heavy atom. The minimum atomic E-state index is -3.19. The molecule has 9 heteroatoms. The number of carbonyl (C=O) groups excluding carboxylic acids is 1. The molecule has 1 aromatic heterocycles. The van der Waals surface area contributed by atoms with E-state index in [2.05, 4.69) is 10.3 Å². The minimum absolute atomic E-state index is 0.0423. The van der Waals surface area contributed by atoms with E-state index in [-0.39, 0.29) is 11.7 Å². The van der Waals surface area contributed by atoms with Crippen LogP contribution in [0.15, 0.2) is 6.20 Å². The second-order valence-corrected chi connectivity index (χ2v) is 7.39. The van der Waals surface area contributed by atoms with Crippen LogP contribution in [0.5, 0.6) is 0 Å². The SMILES string of the molecule is CS(=O)(=O)N1CCCC(CC(=O)c2cn(CCN)nn2)C1. The number of hydrogen-bond acceptors (Lipinski definition) is 6. The highest BCUT2D eigenvalue weighted by atomic mass is 32.2. The Labute approximate surface area is 124 Å². The molecule has 1 fully saturated rings. The second-order valence-electron chi connectivity index (χ2n) is 5.41. The lowest BCUT2D eigenvalue weighted by Gasteiger charge is -2.30. The van der Waals surface area contributed by atoms with Gasteiger partial charge < -0.3 is 5.73 Å². The summed E-state index contributed by atoms with van der Waals surface area (Å²) in [7, 11) is -3.19. The quantitative estimate of drug-likeness (QED) is 0.707. The van der Waals surface area contributed by atoms with E-state index in [1.165, 1.54) is 15.2 Å². The first-order chi connectivity index (χ1) is 9.90. The first-order valence-electron chi connectivity index (χ1n) is 6.98. The van der Waals surface area contributed by atoms with E-state index >= 15 is 0 Å². The van der Waals surface area contributed by atoms with Crippen molar-refractivity contribution < 1.29 is 13.2 Å². The molecule has 1 saturated heterocycles. The summed E-state index contributed by atoms with van der Waals surface area (Å²) < 4.78 is 26.1. The van der Waals surface area contributed by atoms with Crippen LogP contribution in [0, 0.1) is 5.92 Å². The lowest BCUT2D eigenvalue weighted by molar-refractivity contribution is 0.0937. The molecule has 118 valence electrons. The normalized spacial score (nSPS) is 20.6. The zero-order valence-electron chi connectivity index (χ0n) is 12.1. The third-order valence-corrected chi connectivity index (χ3v) is 4.88. The first-order valence-corrected chi connectivity index (χ1v) is 8.83. The molecule has 1 aliphatic rings. The Morgan fingerprint density at radius 1 is 1.52 bits per heavy atom. The Kier molecular flexibility index (Phi) is 5.07. The van der Waals surface area contributed by atoms with E-state index in [1.807, 2.05) is 0 Å². The van der Waals surface area contributed by atoms with Crippen molar-refractivity contribution >= 4 is 15.8 Å². The van der Waals surface area contributed by atoms with Gasteiger partial charge in [-0.1, -0.05) is 5.21 Å². The average molecular weight is 315 g/mol. The number of carbonyl (C=O) groups is 1. The standard InChI is InChI=1S/C12H21N5O3S/c1-21(19,20)17-5-2-3-10(8-17)7-12(18)11-9-16(6-4-13)15-14-11/h9-10H,2-8,13H2,1H3. The number of ketones is 1. The monoisotopic (exact) mass is 315 g/mol. The molecule has 2 heterocycles. The fourth-order valence-corrected chi connectivity index (χ4v) is 3.47. The van der Waals surface area contributed by atoms with E-state index in [1.54, 1.807) is 6.20 Å². The highest BCUT2D eigenvalue weighted by molar-refractivity contribution is 7.88. The molecule has 0 spiro atoms. The van der Waals surface area contributed by atoms with Crippen LogP contribution in [0.25, 0.3) is 0 Å². The van der Waals surface area contributed by atoms with Crippen LogP contribution in [-0.2, 0) is 16.6 Å². The molecule has 0 aliphatic carbocycles. The number of nitrogens with zero attached hydrogens (tertiary/aromatic N) is 4. The van der Waals surface area contributed by atoms with Crippen molar-refractivity contribution in [2.75, 3.05) is 25.9 Å². The van der Waals surface area contributed by atoms with E-state index in [9.17, 15) is 13.2 Å². The number of nitrogens with two attached hydrogens (primary N) is 1. The number of rotatable bonds is 6. The molecule has 0 bridgehead atoms. The molecule has 0 amide bonds. The zero-order valence-corrected chi connectivity index (χ0v) is 12.9. The molecule has 1 aliphatic heterocycles. The minimum Gasteiger partial charge on any atom is -0.329 e. The Hall–Kier alpha value is -1.32. The smallest absolute Gasteiger partial charge is 0.211 e. The van der Waals surface area contributed by atoms with Gasteiger partial charge in [0.25, 0.3) is 0 Å². The third-order valence-electron chi connectivity index (χ3n) is 3.61. The summed E-state index contributed by atoms with van der Waals surface area (Å²) in [6.45, 7) is 1.90. The zero-order chi connectivity index (χ0) is 15.5. The predicted molar refractivity (Wildman–Crippen MR) is 77.2 cm³/mol. The summed E-state index contributed by atoms with van der Waals surface area (Å²) in [6, 6.07) is 0. The fraction of sp³-hybridized carbons (Fsp3) is 0.750. The maximum absolute atomic E-state index is 12.2. The maximum atomic E-state index is 12.2. The van der Waals surface area contributed by atoms with Crippen LogP contribution in [-0.4, -0.2) is 59.4 Å². The maximum Gasteiger partial charge on any atom is 0.211 e. The summed E-state index contributed by atoms with van der Waals surface area (Å²) in [5.41, 5.74) is 5.73. The summed E-state index contributed by atoms with van der Waals surface area (Å²) in [4.78, 5) is 12.2. The van der Waals surface area contributed by atoms with Crippen molar-refractivity contribution in [2.24, 2.45) is 11.7 Å². The summed E-state index contributed by atoms with van der Waals surface area (Å²) in [5, 5.41) is 7.68. The van der Waals surface area contributed by atoms with Crippen molar-refractivity contribution in [3.8, 4) is 0 Å². The van der Waals surface area contributed by atoms with Gasteiger partial charge in [0, 0.05) is 26.1 Å². The Bertz CT molecular complexity index is 598. The van der Waals surface area contributed by atoms with Crippen LogP contribution in [0.2, 0.25) is 0 Å². The molecule has 0 aromatic carbocycles. The summed E-state index contributed by atoms with van der Waals surface area (Å²) in [6.07, 6.45) is 4.73. The highest BCUT2D eigenvalue weighted by Crippen LogP contribution is 2.22. The largest absolute Gasteiger partial charge is 0.329 e. The number of hydrogen-bond donors (Lipinski definition) is 1. The molecule has 1 aromatic rings. The molecule has 1 atom stereocenters. The van der Waals surface area contributed by atoms with Gasteiger partial charge in [0.05, 0.1) is 19.0 Å². The molecule has 8 nitrogen and oxygen atoms in total. The lowest BCUT2D eigenvalue weighted by atomic mass is 9.93. The van der Waals surface area contributed by atoms with E-state index in [0.29, 0.717) is 38.3 Å². The van der Waals surface area contributed by atoms with E-state index in [4.69, 9.17) is 5.73 Å². The van der Waals surface area contributed by atoms with Gasteiger partial charge in [-0.15, -0.1) is 5.10 Å². The molecular formula is C12H21N5O3S. The van der Waals surface area contributed by atoms with Crippen molar-refractivity contribution in [2.45, 2.75) is 25.8 Å². The van der Waals surface area contributed by atoms with Crippen molar-refractivity contribution in [3.63, 3.8) is 0 Å². The van der Waals surface area contributed by atoms with E-state index in [0.717, 1.165) is 12.8 Å².